The van der Waals surface area contributed by atoms with Gasteiger partial charge in [0.2, 0.25) is 11.8 Å². The second-order valence-corrected chi connectivity index (χ2v) is 7.67. The number of esters is 1. The normalized spacial score (nSPS) is 16.2. The molecule has 29 heavy (non-hydrogen) atoms. The molecule has 1 aliphatic heterocycles. The fourth-order valence-corrected chi connectivity index (χ4v) is 3.55. The zero-order chi connectivity index (χ0) is 21.1. The first-order valence-electron chi connectivity index (χ1n) is 9.74. The summed E-state index contributed by atoms with van der Waals surface area (Å²) in [4.78, 5) is 38.9. The predicted octanol–water partition coefficient (Wildman–Crippen LogP) is 3.86. The number of hydrogen-bond acceptors (Lipinski definition) is 4. The molecule has 0 unspecified atom stereocenters. The molecule has 6 heteroatoms. The van der Waals surface area contributed by atoms with Crippen LogP contribution < -0.4 is 10.2 Å². The Morgan fingerprint density at radius 2 is 1.69 bits per heavy atom. The molecule has 6 nitrogen and oxygen atoms in total. The van der Waals surface area contributed by atoms with Gasteiger partial charge >= 0.3 is 5.97 Å². The lowest BCUT2D eigenvalue weighted by Gasteiger charge is -2.21. The number of nitrogens with one attached hydrogen (secondary N) is 1. The summed E-state index contributed by atoms with van der Waals surface area (Å²) in [6, 6.07) is 12.4. The van der Waals surface area contributed by atoms with E-state index in [9.17, 15) is 14.4 Å². The van der Waals surface area contributed by atoms with Crippen molar-refractivity contribution >= 4 is 29.2 Å². The van der Waals surface area contributed by atoms with Crippen LogP contribution in [-0.2, 0) is 14.3 Å². The van der Waals surface area contributed by atoms with E-state index < -0.39 is 11.9 Å². The topological polar surface area (TPSA) is 75.7 Å². The van der Waals surface area contributed by atoms with Crippen LogP contribution in [0.15, 0.2) is 42.5 Å². The van der Waals surface area contributed by atoms with Crippen LogP contribution >= 0.6 is 0 Å². The molecule has 0 aromatic heterocycles. The quantitative estimate of drug-likeness (QED) is 0.782. The zero-order valence-corrected chi connectivity index (χ0v) is 17.2. The number of rotatable bonds is 5. The number of nitrogens with zero attached hydrogens (tertiary/aromatic N) is 1. The van der Waals surface area contributed by atoms with E-state index in [-0.39, 0.29) is 24.3 Å². The second kappa shape index (κ2) is 8.47. The van der Waals surface area contributed by atoms with Gasteiger partial charge in [-0.3, -0.25) is 9.59 Å². The number of anilines is 2. The van der Waals surface area contributed by atoms with Gasteiger partial charge in [0, 0.05) is 24.3 Å². The summed E-state index contributed by atoms with van der Waals surface area (Å²) in [5.41, 5.74) is 3.93. The monoisotopic (exact) mass is 394 g/mol. The van der Waals surface area contributed by atoms with Gasteiger partial charge in [-0.05, 0) is 63.1 Å². The lowest BCUT2D eigenvalue weighted by Crippen LogP contribution is -2.29. The first-order valence-corrected chi connectivity index (χ1v) is 9.74. The van der Waals surface area contributed by atoms with E-state index in [2.05, 4.69) is 5.32 Å². The van der Waals surface area contributed by atoms with E-state index in [1.165, 1.54) is 0 Å². The molecule has 0 aliphatic carbocycles. The van der Waals surface area contributed by atoms with Crippen molar-refractivity contribution in [1.29, 1.82) is 0 Å². The van der Waals surface area contributed by atoms with Gasteiger partial charge in [0.1, 0.15) is 0 Å². The van der Waals surface area contributed by atoms with Crippen molar-refractivity contribution in [1.82, 2.24) is 0 Å². The average Bonchev–Trinajstić information content (AvgIpc) is 3.03. The minimum absolute atomic E-state index is 0.0469. The highest BCUT2D eigenvalue weighted by atomic mass is 16.5. The Morgan fingerprint density at radius 1 is 1.07 bits per heavy atom. The van der Waals surface area contributed by atoms with Crippen molar-refractivity contribution in [3.63, 3.8) is 0 Å². The summed E-state index contributed by atoms with van der Waals surface area (Å²) in [6.07, 6.45) is -0.0140. The molecule has 1 atom stereocenters. The summed E-state index contributed by atoms with van der Waals surface area (Å²) >= 11 is 0. The molecular formula is C23H26N2O4. The number of carbonyl (C=O) groups excluding carboxylic acids is 3. The Morgan fingerprint density at radius 3 is 2.28 bits per heavy atom. The van der Waals surface area contributed by atoms with Crippen molar-refractivity contribution in [3.05, 3.63) is 59.2 Å². The molecule has 1 saturated heterocycles. The van der Waals surface area contributed by atoms with Crippen molar-refractivity contribution < 1.29 is 19.1 Å². The van der Waals surface area contributed by atoms with Crippen LogP contribution in [0.3, 0.4) is 0 Å². The molecule has 0 spiro atoms. The third kappa shape index (κ3) is 4.65. The number of amides is 2. The first kappa shape index (κ1) is 20.6. The summed E-state index contributed by atoms with van der Waals surface area (Å²) in [5, 5.41) is 2.84. The third-order valence-corrected chi connectivity index (χ3v) is 4.94. The van der Waals surface area contributed by atoms with E-state index in [1.54, 1.807) is 43.0 Å². The maximum Gasteiger partial charge on any atom is 0.338 e. The molecule has 3 rings (SSSR count). The van der Waals surface area contributed by atoms with E-state index in [4.69, 9.17) is 4.74 Å². The summed E-state index contributed by atoms with van der Waals surface area (Å²) in [6.45, 7) is 7.87. The fraction of sp³-hybridized carbons (Fsp3) is 0.348. The van der Waals surface area contributed by atoms with Gasteiger partial charge in [0.05, 0.1) is 17.6 Å². The molecular weight excluding hydrogens is 368 g/mol. The van der Waals surface area contributed by atoms with Crippen LogP contribution in [0.4, 0.5) is 11.4 Å². The van der Waals surface area contributed by atoms with E-state index in [0.717, 1.165) is 16.8 Å². The largest absolute Gasteiger partial charge is 0.459 e. The van der Waals surface area contributed by atoms with Crippen molar-refractivity contribution in [2.75, 3.05) is 16.8 Å². The SMILES string of the molecule is Cc1cccc(C)c1N1C[C@H](C(=O)Nc2ccc(C(=O)OC(C)C)cc2)CC1=O. The average molecular weight is 394 g/mol. The number of para-hydroxylation sites is 1. The van der Waals surface area contributed by atoms with Crippen molar-refractivity contribution in [3.8, 4) is 0 Å². The highest BCUT2D eigenvalue weighted by molar-refractivity contribution is 6.04. The Kier molecular flexibility index (Phi) is 6.01. The minimum atomic E-state index is -0.424. The Bertz CT molecular complexity index is 914. The summed E-state index contributed by atoms with van der Waals surface area (Å²) in [5.74, 6) is -1.07. The molecule has 1 aliphatic rings. The molecule has 2 aromatic rings. The summed E-state index contributed by atoms with van der Waals surface area (Å²) < 4.78 is 5.15. The van der Waals surface area contributed by atoms with Gasteiger partial charge in [-0.15, -0.1) is 0 Å². The first-order chi connectivity index (χ1) is 13.8. The molecule has 1 fully saturated rings. The zero-order valence-electron chi connectivity index (χ0n) is 17.2. The summed E-state index contributed by atoms with van der Waals surface area (Å²) in [7, 11) is 0. The minimum Gasteiger partial charge on any atom is -0.459 e. The molecule has 2 amide bonds. The Labute approximate surface area is 170 Å². The number of ether oxygens (including phenoxy) is 1. The molecule has 1 heterocycles. The number of carbonyl (C=O) groups is 3. The van der Waals surface area contributed by atoms with Crippen molar-refractivity contribution in [2.45, 2.75) is 40.2 Å². The Hall–Kier alpha value is -3.15. The van der Waals surface area contributed by atoms with Crippen LogP contribution in [0.25, 0.3) is 0 Å². The molecule has 152 valence electrons. The highest BCUT2D eigenvalue weighted by Gasteiger charge is 2.36. The maximum absolute atomic E-state index is 12.7. The van der Waals surface area contributed by atoms with E-state index in [0.29, 0.717) is 17.8 Å². The fourth-order valence-electron chi connectivity index (χ4n) is 3.55. The van der Waals surface area contributed by atoms with Crippen LogP contribution in [0.1, 0.15) is 41.8 Å². The van der Waals surface area contributed by atoms with Crippen LogP contribution in [-0.4, -0.2) is 30.4 Å². The van der Waals surface area contributed by atoms with Crippen LogP contribution in [0.5, 0.6) is 0 Å². The molecule has 0 saturated carbocycles. The van der Waals surface area contributed by atoms with Crippen molar-refractivity contribution in [2.24, 2.45) is 5.92 Å². The standard InChI is InChI=1S/C23H26N2O4/c1-14(2)29-23(28)17-8-10-19(11-9-17)24-22(27)18-12-20(26)25(13-18)21-15(3)6-5-7-16(21)4/h5-11,14,18H,12-13H2,1-4H3,(H,24,27)/t18-/m1/s1. The second-order valence-electron chi connectivity index (χ2n) is 7.67. The van der Waals surface area contributed by atoms with Gasteiger partial charge in [-0.2, -0.15) is 0 Å². The van der Waals surface area contributed by atoms with Gasteiger partial charge < -0.3 is 15.0 Å². The lowest BCUT2D eigenvalue weighted by molar-refractivity contribution is -0.122. The third-order valence-electron chi connectivity index (χ3n) is 4.94. The lowest BCUT2D eigenvalue weighted by atomic mass is 10.1. The molecule has 2 aromatic carbocycles. The number of benzene rings is 2. The molecule has 1 N–H and O–H groups in total. The molecule has 0 bridgehead atoms. The van der Waals surface area contributed by atoms with Gasteiger partial charge in [-0.1, -0.05) is 18.2 Å². The van der Waals surface area contributed by atoms with Gasteiger partial charge in [0.15, 0.2) is 0 Å². The smallest absolute Gasteiger partial charge is 0.338 e. The van der Waals surface area contributed by atoms with Gasteiger partial charge in [-0.25, -0.2) is 4.79 Å². The van der Waals surface area contributed by atoms with E-state index >= 15 is 0 Å². The van der Waals surface area contributed by atoms with Crippen LogP contribution in [0.2, 0.25) is 0 Å². The number of aryl methyl sites for hydroxylation is 2. The van der Waals surface area contributed by atoms with Crippen LogP contribution in [0, 0.1) is 19.8 Å². The Balaban J connectivity index is 1.66. The molecule has 0 radical (unpaired) electrons. The van der Waals surface area contributed by atoms with Gasteiger partial charge in [0.25, 0.3) is 0 Å². The maximum atomic E-state index is 12.7. The highest BCUT2D eigenvalue weighted by Crippen LogP contribution is 2.31. The number of hydrogen-bond donors (Lipinski definition) is 1. The van der Waals surface area contributed by atoms with E-state index in [1.807, 2.05) is 32.0 Å². The predicted molar refractivity (Wildman–Crippen MR) is 112 cm³/mol.